The SMILES string of the molecule is CSCC(N)Cc1ccc(Cl)cc1F. The first-order chi connectivity index (χ1) is 6.63. The maximum absolute atomic E-state index is 13.3. The Morgan fingerprint density at radius 1 is 1.57 bits per heavy atom. The van der Waals surface area contributed by atoms with Crippen LogP contribution in [0.15, 0.2) is 18.2 Å². The molecule has 0 heterocycles. The third-order valence-electron chi connectivity index (χ3n) is 1.88. The van der Waals surface area contributed by atoms with Crippen LogP contribution in [0.25, 0.3) is 0 Å². The molecule has 0 bridgehead atoms. The van der Waals surface area contributed by atoms with Gasteiger partial charge in [0.1, 0.15) is 5.82 Å². The molecule has 4 heteroatoms. The smallest absolute Gasteiger partial charge is 0.127 e. The van der Waals surface area contributed by atoms with E-state index in [2.05, 4.69) is 0 Å². The summed E-state index contributed by atoms with van der Waals surface area (Å²) in [4.78, 5) is 0. The van der Waals surface area contributed by atoms with Crippen LogP contribution in [0, 0.1) is 5.82 Å². The van der Waals surface area contributed by atoms with Gasteiger partial charge in [-0.3, -0.25) is 0 Å². The van der Waals surface area contributed by atoms with Crippen LogP contribution >= 0.6 is 23.4 Å². The predicted octanol–water partition coefficient (Wildman–Crippen LogP) is 2.71. The third kappa shape index (κ3) is 3.48. The molecule has 1 nitrogen and oxygen atoms in total. The minimum absolute atomic E-state index is 0.000625. The highest BCUT2D eigenvalue weighted by Crippen LogP contribution is 2.16. The van der Waals surface area contributed by atoms with Gasteiger partial charge in [0.2, 0.25) is 0 Å². The first-order valence-electron chi connectivity index (χ1n) is 4.32. The van der Waals surface area contributed by atoms with E-state index in [0.717, 1.165) is 5.75 Å². The van der Waals surface area contributed by atoms with E-state index in [1.54, 1.807) is 23.9 Å². The quantitative estimate of drug-likeness (QED) is 0.866. The number of hydrogen-bond acceptors (Lipinski definition) is 2. The summed E-state index contributed by atoms with van der Waals surface area (Å²) in [5.41, 5.74) is 6.44. The Hall–Kier alpha value is -0.250. The van der Waals surface area contributed by atoms with Crippen molar-refractivity contribution in [1.29, 1.82) is 0 Å². The molecule has 0 spiro atoms. The highest BCUT2D eigenvalue weighted by atomic mass is 35.5. The summed E-state index contributed by atoms with van der Waals surface area (Å²) in [6.07, 6.45) is 2.54. The minimum atomic E-state index is -0.269. The standard InChI is InChI=1S/C10H13ClFNS/c1-14-6-9(13)4-7-2-3-8(11)5-10(7)12/h2-3,5,9H,4,6,13H2,1H3. The second-order valence-electron chi connectivity index (χ2n) is 3.16. The molecule has 0 aliphatic carbocycles. The lowest BCUT2D eigenvalue weighted by molar-refractivity contribution is 0.597. The van der Waals surface area contributed by atoms with E-state index < -0.39 is 0 Å². The summed E-state index contributed by atoms with van der Waals surface area (Å²) >= 11 is 7.30. The van der Waals surface area contributed by atoms with E-state index in [-0.39, 0.29) is 11.9 Å². The Balaban J connectivity index is 2.67. The van der Waals surface area contributed by atoms with Gasteiger partial charge >= 0.3 is 0 Å². The van der Waals surface area contributed by atoms with Gasteiger partial charge < -0.3 is 5.73 Å². The Labute approximate surface area is 92.8 Å². The zero-order chi connectivity index (χ0) is 10.6. The van der Waals surface area contributed by atoms with Gasteiger partial charge in [-0.2, -0.15) is 11.8 Å². The molecular formula is C10H13ClFNS. The largest absolute Gasteiger partial charge is 0.327 e. The average Bonchev–Trinajstić information content (AvgIpc) is 2.10. The fourth-order valence-electron chi connectivity index (χ4n) is 1.24. The fraction of sp³-hybridized carbons (Fsp3) is 0.400. The molecule has 14 heavy (non-hydrogen) atoms. The number of thioether (sulfide) groups is 1. The first-order valence-corrected chi connectivity index (χ1v) is 6.09. The molecule has 1 rings (SSSR count). The summed E-state index contributed by atoms with van der Waals surface area (Å²) < 4.78 is 13.3. The van der Waals surface area contributed by atoms with Crippen LogP contribution in [0.1, 0.15) is 5.56 Å². The molecule has 0 aliphatic heterocycles. The highest BCUT2D eigenvalue weighted by Gasteiger charge is 2.07. The summed E-state index contributed by atoms with van der Waals surface area (Å²) in [5.74, 6) is 0.566. The Morgan fingerprint density at radius 2 is 2.29 bits per heavy atom. The Kier molecular flexibility index (Phi) is 4.72. The summed E-state index contributed by atoms with van der Waals surface area (Å²) in [7, 11) is 0. The van der Waals surface area contributed by atoms with Crippen molar-refractivity contribution in [2.45, 2.75) is 12.5 Å². The van der Waals surface area contributed by atoms with Crippen molar-refractivity contribution in [1.82, 2.24) is 0 Å². The molecule has 0 aromatic heterocycles. The molecule has 1 unspecified atom stereocenters. The lowest BCUT2D eigenvalue weighted by atomic mass is 10.1. The van der Waals surface area contributed by atoms with Crippen LogP contribution < -0.4 is 5.73 Å². The van der Waals surface area contributed by atoms with Crippen LogP contribution in [0.3, 0.4) is 0 Å². The van der Waals surface area contributed by atoms with Crippen molar-refractivity contribution in [3.05, 3.63) is 34.6 Å². The zero-order valence-electron chi connectivity index (χ0n) is 7.97. The van der Waals surface area contributed by atoms with Crippen LogP contribution in [-0.4, -0.2) is 18.1 Å². The Morgan fingerprint density at radius 3 is 2.86 bits per heavy atom. The van der Waals surface area contributed by atoms with Gasteiger partial charge in [0.25, 0.3) is 0 Å². The molecular weight excluding hydrogens is 221 g/mol. The maximum atomic E-state index is 13.3. The molecule has 0 fully saturated rings. The van der Waals surface area contributed by atoms with Crippen LogP contribution in [-0.2, 0) is 6.42 Å². The molecule has 78 valence electrons. The molecule has 1 atom stereocenters. The van der Waals surface area contributed by atoms with E-state index >= 15 is 0 Å². The summed E-state index contributed by atoms with van der Waals surface area (Å²) in [6.45, 7) is 0. The fourth-order valence-corrected chi connectivity index (χ4v) is 1.95. The van der Waals surface area contributed by atoms with Gasteiger partial charge in [0, 0.05) is 16.8 Å². The van der Waals surface area contributed by atoms with Crippen molar-refractivity contribution >= 4 is 23.4 Å². The van der Waals surface area contributed by atoms with Crippen LogP contribution in [0.2, 0.25) is 5.02 Å². The van der Waals surface area contributed by atoms with E-state index in [1.807, 2.05) is 6.26 Å². The van der Waals surface area contributed by atoms with Crippen molar-refractivity contribution in [3.8, 4) is 0 Å². The van der Waals surface area contributed by atoms with Crippen molar-refractivity contribution in [2.24, 2.45) is 5.73 Å². The van der Waals surface area contributed by atoms with E-state index in [0.29, 0.717) is 17.0 Å². The van der Waals surface area contributed by atoms with Gasteiger partial charge in [-0.25, -0.2) is 4.39 Å². The number of benzene rings is 1. The second kappa shape index (κ2) is 5.59. The average molecular weight is 234 g/mol. The van der Waals surface area contributed by atoms with Gasteiger partial charge in [-0.1, -0.05) is 17.7 Å². The normalized spacial score (nSPS) is 12.9. The number of rotatable bonds is 4. The predicted molar refractivity (Wildman–Crippen MR) is 61.5 cm³/mol. The molecule has 1 aromatic carbocycles. The van der Waals surface area contributed by atoms with Gasteiger partial charge in [-0.15, -0.1) is 0 Å². The first kappa shape index (κ1) is 11.8. The third-order valence-corrected chi connectivity index (χ3v) is 2.87. The van der Waals surface area contributed by atoms with Gasteiger partial charge in [0.15, 0.2) is 0 Å². The van der Waals surface area contributed by atoms with Crippen LogP contribution in [0.5, 0.6) is 0 Å². The van der Waals surface area contributed by atoms with Crippen molar-refractivity contribution < 1.29 is 4.39 Å². The summed E-state index contributed by atoms with van der Waals surface area (Å²) in [5, 5.41) is 0.421. The molecule has 1 aromatic rings. The minimum Gasteiger partial charge on any atom is -0.327 e. The second-order valence-corrected chi connectivity index (χ2v) is 4.50. The lowest BCUT2D eigenvalue weighted by Gasteiger charge is -2.10. The van der Waals surface area contributed by atoms with Gasteiger partial charge in [0.05, 0.1) is 0 Å². The van der Waals surface area contributed by atoms with Crippen LogP contribution in [0.4, 0.5) is 4.39 Å². The molecule has 0 saturated heterocycles. The van der Waals surface area contributed by atoms with Gasteiger partial charge in [-0.05, 0) is 30.4 Å². The number of nitrogens with two attached hydrogens (primary N) is 1. The van der Waals surface area contributed by atoms with Crippen molar-refractivity contribution in [2.75, 3.05) is 12.0 Å². The monoisotopic (exact) mass is 233 g/mol. The number of hydrogen-bond donors (Lipinski definition) is 1. The molecule has 0 amide bonds. The highest BCUT2D eigenvalue weighted by molar-refractivity contribution is 7.98. The van der Waals surface area contributed by atoms with E-state index in [4.69, 9.17) is 17.3 Å². The maximum Gasteiger partial charge on any atom is 0.127 e. The van der Waals surface area contributed by atoms with E-state index in [1.165, 1.54) is 6.07 Å². The zero-order valence-corrected chi connectivity index (χ0v) is 9.54. The summed E-state index contributed by atoms with van der Waals surface area (Å²) in [6, 6.07) is 4.70. The molecule has 0 aliphatic rings. The topological polar surface area (TPSA) is 26.0 Å². The molecule has 0 saturated carbocycles. The molecule has 0 radical (unpaired) electrons. The van der Waals surface area contributed by atoms with E-state index in [9.17, 15) is 4.39 Å². The number of halogens is 2. The Bertz CT molecular complexity index is 306. The lowest BCUT2D eigenvalue weighted by Crippen LogP contribution is -2.25. The van der Waals surface area contributed by atoms with Crippen molar-refractivity contribution in [3.63, 3.8) is 0 Å². The molecule has 2 N–H and O–H groups in total.